The van der Waals surface area contributed by atoms with E-state index in [9.17, 15) is 19.6 Å². The lowest BCUT2D eigenvalue weighted by atomic mass is 9.84. The van der Waals surface area contributed by atoms with Crippen LogP contribution < -0.4 is 0 Å². The minimum atomic E-state index is -1.38. The summed E-state index contributed by atoms with van der Waals surface area (Å²) in [5, 5.41) is 11.2. The zero-order valence-electron chi connectivity index (χ0n) is 13.5. The molecule has 1 fully saturated rings. The van der Waals surface area contributed by atoms with Gasteiger partial charge in [-0.3, -0.25) is 14.4 Å². The van der Waals surface area contributed by atoms with E-state index in [0.29, 0.717) is 10.6 Å². The van der Waals surface area contributed by atoms with Crippen molar-refractivity contribution in [2.45, 2.75) is 12.1 Å². The van der Waals surface area contributed by atoms with Gasteiger partial charge >= 0.3 is 17.9 Å². The van der Waals surface area contributed by atoms with Crippen molar-refractivity contribution < 1.29 is 33.8 Å². The van der Waals surface area contributed by atoms with Crippen molar-refractivity contribution in [3.05, 3.63) is 35.9 Å². The molecule has 0 unspecified atom stereocenters. The van der Waals surface area contributed by atoms with Gasteiger partial charge in [-0.15, -0.1) is 0 Å². The van der Waals surface area contributed by atoms with Crippen molar-refractivity contribution in [1.82, 2.24) is 5.06 Å². The van der Waals surface area contributed by atoms with Crippen LogP contribution in [0.1, 0.15) is 11.6 Å². The highest BCUT2D eigenvalue weighted by Crippen LogP contribution is 2.45. The number of hydrogen-bond donors (Lipinski definition) is 1. The van der Waals surface area contributed by atoms with Crippen molar-refractivity contribution in [2.24, 2.45) is 11.8 Å². The van der Waals surface area contributed by atoms with Crippen molar-refractivity contribution in [2.75, 3.05) is 21.3 Å². The largest absolute Gasteiger partial charge is 0.469 e. The molecule has 0 bridgehead atoms. The highest BCUT2D eigenvalue weighted by Gasteiger charge is 2.60. The van der Waals surface area contributed by atoms with Gasteiger partial charge in [0.05, 0.1) is 33.3 Å². The molecule has 0 radical (unpaired) electrons. The summed E-state index contributed by atoms with van der Waals surface area (Å²) in [5.74, 6) is -4.77. The van der Waals surface area contributed by atoms with E-state index in [1.54, 1.807) is 30.3 Å². The fourth-order valence-electron chi connectivity index (χ4n) is 3.10. The van der Waals surface area contributed by atoms with Crippen LogP contribution in [0.15, 0.2) is 30.3 Å². The first-order valence-corrected chi connectivity index (χ1v) is 7.23. The van der Waals surface area contributed by atoms with Crippen LogP contribution in [0.25, 0.3) is 0 Å². The summed E-state index contributed by atoms with van der Waals surface area (Å²) in [7, 11) is 3.45. The number of esters is 3. The molecule has 0 aromatic heterocycles. The molecule has 1 saturated heterocycles. The molecule has 0 spiro atoms. The molecule has 4 atom stereocenters. The Hall–Kier alpha value is -2.45. The number of rotatable bonds is 4. The highest BCUT2D eigenvalue weighted by molar-refractivity contribution is 5.90. The summed E-state index contributed by atoms with van der Waals surface area (Å²) in [5.41, 5.74) is 0.552. The van der Waals surface area contributed by atoms with Gasteiger partial charge in [0.15, 0.2) is 0 Å². The molecule has 1 heterocycles. The molecule has 8 nitrogen and oxygen atoms in total. The minimum Gasteiger partial charge on any atom is -0.469 e. The van der Waals surface area contributed by atoms with E-state index in [1.165, 1.54) is 7.11 Å². The van der Waals surface area contributed by atoms with Crippen molar-refractivity contribution >= 4 is 17.9 Å². The molecule has 1 N–H and O–H groups in total. The van der Waals surface area contributed by atoms with E-state index in [2.05, 4.69) is 4.74 Å². The number of benzene rings is 1. The summed E-state index contributed by atoms with van der Waals surface area (Å²) in [4.78, 5) is 36.6. The summed E-state index contributed by atoms with van der Waals surface area (Å²) in [6, 6.07) is 6.23. The summed E-state index contributed by atoms with van der Waals surface area (Å²) < 4.78 is 14.2. The lowest BCUT2D eigenvalue weighted by Gasteiger charge is -2.23. The van der Waals surface area contributed by atoms with E-state index in [4.69, 9.17) is 9.47 Å². The number of hydroxylamine groups is 2. The normalized spacial score (nSPS) is 26.7. The standard InChI is InChI=1S/C16H19NO7/c1-22-14(18)10-11(15(19)23-2)13(16(20)24-3)17(21)12(10)9-7-5-4-6-8-9/h4-8,10-13,21H,1-3H3/t10-,11+,12+,13-/m1/s1. The Balaban J connectivity index is 2.58. The van der Waals surface area contributed by atoms with Crippen LogP contribution in [-0.2, 0) is 28.6 Å². The lowest BCUT2D eigenvalue weighted by molar-refractivity contribution is -0.181. The topological polar surface area (TPSA) is 102 Å². The predicted molar refractivity (Wildman–Crippen MR) is 79.6 cm³/mol. The maximum absolute atomic E-state index is 12.3. The Kier molecular flexibility index (Phi) is 5.53. The number of ether oxygens (including phenoxy) is 3. The van der Waals surface area contributed by atoms with Gasteiger partial charge in [0.25, 0.3) is 0 Å². The van der Waals surface area contributed by atoms with Crippen LogP contribution in [-0.4, -0.2) is 55.5 Å². The third-order valence-corrected chi connectivity index (χ3v) is 4.17. The molecular weight excluding hydrogens is 318 g/mol. The van der Waals surface area contributed by atoms with Crippen LogP contribution in [0, 0.1) is 11.8 Å². The number of carbonyl (C=O) groups excluding carboxylic acids is 3. The second-order valence-electron chi connectivity index (χ2n) is 5.30. The average Bonchev–Trinajstić information content (AvgIpc) is 2.93. The lowest BCUT2D eigenvalue weighted by Crippen LogP contribution is -2.43. The van der Waals surface area contributed by atoms with Crippen LogP contribution in [0.2, 0.25) is 0 Å². The van der Waals surface area contributed by atoms with Gasteiger partial charge in [0.1, 0.15) is 12.0 Å². The molecule has 1 aromatic rings. The molecule has 0 saturated carbocycles. The van der Waals surface area contributed by atoms with E-state index < -0.39 is 41.8 Å². The highest BCUT2D eigenvalue weighted by atomic mass is 16.6. The molecule has 1 aliphatic rings. The van der Waals surface area contributed by atoms with E-state index in [1.807, 2.05) is 0 Å². The summed E-state index contributed by atoms with van der Waals surface area (Å²) in [6.45, 7) is 0. The molecule has 0 aliphatic carbocycles. The molecular formula is C16H19NO7. The Labute approximate surface area is 138 Å². The maximum Gasteiger partial charge on any atom is 0.326 e. The third kappa shape index (κ3) is 2.98. The van der Waals surface area contributed by atoms with Gasteiger partial charge in [0.2, 0.25) is 0 Å². The number of methoxy groups -OCH3 is 3. The van der Waals surface area contributed by atoms with Gasteiger partial charge in [-0.1, -0.05) is 30.3 Å². The van der Waals surface area contributed by atoms with Gasteiger partial charge in [0, 0.05) is 0 Å². The predicted octanol–water partition coefficient (Wildman–Crippen LogP) is 0.553. The molecule has 1 aliphatic heterocycles. The van der Waals surface area contributed by atoms with E-state index in [-0.39, 0.29) is 0 Å². The number of carbonyl (C=O) groups is 3. The first-order valence-electron chi connectivity index (χ1n) is 7.23. The first-order chi connectivity index (χ1) is 11.5. The molecule has 24 heavy (non-hydrogen) atoms. The van der Waals surface area contributed by atoms with Gasteiger partial charge in [-0.2, -0.15) is 5.06 Å². The summed E-state index contributed by atoms with van der Waals surface area (Å²) >= 11 is 0. The fraction of sp³-hybridized carbons (Fsp3) is 0.438. The average molecular weight is 337 g/mol. The van der Waals surface area contributed by atoms with Crippen LogP contribution in [0.4, 0.5) is 0 Å². The van der Waals surface area contributed by atoms with Crippen LogP contribution in [0.3, 0.4) is 0 Å². The smallest absolute Gasteiger partial charge is 0.326 e. The monoisotopic (exact) mass is 337 g/mol. The van der Waals surface area contributed by atoms with Gasteiger partial charge < -0.3 is 19.4 Å². The zero-order valence-corrected chi connectivity index (χ0v) is 13.5. The number of nitrogens with zero attached hydrogens (tertiary/aromatic N) is 1. The van der Waals surface area contributed by atoms with Crippen LogP contribution in [0.5, 0.6) is 0 Å². The Morgan fingerprint density at radius 2 is 1.38 bits per heavy atom. The van der Waals surface area contributed by atoms with Crippen molar-refractivity contribution in [1.29, 1.82) is 0 Å². The third-order valence-electron chi connectivity index (χ3n) is 4.17. The molecule has 8 heteroatoms. The second kappa shape index (κ2) is 7.41. The molecule has 130 valence electrons. The van der Waals surface area contributed by atoms with Crippen molar-refractivity contribution in [3.8, 4) is 0 Å². The van der Waals surface area contributed by atoms with Crippen molar-refractivity contribution in [3.63, 3.8) is 0 Å². The minimum absolute atomic E-state index is 0.552. The summed E-state index contributed by atoms with van der Waals surface area (Å²) in [6.07, 6.45) is 0. The Morgan fingerprint density at radius 1 is 0.875 bits per heavy atom. The van der Waals surface area contributed by atoms with Gasteiger partial charge in [-0.05, 0) is 5.56 Å². The Bertz CT molecular complexity index is 618. The first kappa shape index (κ1) is 17.9. The van der Waals surface area contributed by atoms with E-state index >= 15 is 0 Å². The Morgan fingerprint density at radius 3 is 1.88 bits per heavy atom. The van der Waals surface area contributed by atoms with E-state index in [0.717, 1.165) is 14.2 Å². The number of hydrogen-bond acceptors (Lipinski definition) is 8. The molecule has 2 rings (SSSR count). The SMILES string of the molecule is COC(=O)[C@@H]1[C@H](C(=O)OC)[C@H](C(=O)OC)N(O)[C@H]1c1ccccc1. The van der Waals surface area contributed by atoms with Gasteiger partial charge in [-0.25, -0.2) is 0 Å². The maximum atomic E-state index is 12.3. The quantitative estimate of drug-likeness (QED) is 0.628. The zero-order chi connectivity index (χ0) is 17.9. The molecule has 0 amide bonds. The molecule has 1 aromatic carbocycles. The second-order valence-corrected chi connectivity index (χ2v) is 5.30. The fourth-order valence-corrected chi connectivity index (χ4v) is 3.10. The van der Waals surface area contributed by atoms with Crippen LogP contribution >= 0.6 is 0 Å².